The molecule has 0 aliphatic rings. The molecule has 1 N–H and O–H groups in total. The molecular weight excluding hydrogens is 246 g/mol. The Labute approximate surface area is 122 Å². The first kappa shape index (κ1) is 14.6. The molecule has 0 unspecified atom stereocenters. The van der Waals surface area contributed by atoms with Gasteiger partial charge in [0.1, 0.15) is 0 Å². The number of imidazole rings is 1. The van der Waals surface area contributed by atoms with E-state index in [-0.39, 0.29) is 0 Å². The van der Waals surface area contributed by atoms with E-state index in [4.69, 9.17) is 0 Å². The van der Waals surface area contributed by atoms with E-state index in [0.29, 0.717) is 5.92 Å². The lowest BCUT2D eigenvalue weighted by molar-refractivity contribution is 0.637. The van der Waals surface area contributed by atoms with Crippen molar-refractivity contribution in [1.29, 1.82) is 0 Å². The van der Waals surface area contributed by atoms with Crippen LogP contribution in [0.3, 0.4) is 0 Å². The average Bonchev–Trinajstić information content (AvgIpc) is 2.77. The Kier molecular flexibility index (Phi) is 4.83. The molecule has 108 valence electrons. The third-order valence-corrected chi connectivity index (χ3v) is 3.48. The van der Waals surface area contributed by atoms with Gasteiger partial charge in [0.05, 0.1) is 5.69 Å². The van der Waals surface area contributed by atoms with E-state index in [1.54, 1.807) is 0 Å². The second-order valence-corrected chi connectivity index (χ2v) is 5.65. The molecule has 3 nitrogen and oxygen atoms in total. The van der Waals surface area contributed by atoms with Crippen molar-refractivity contribution in [2.75, 3.05) is 5.32 Å². The number of hydrogen-bond donors (Lipinski definition) is 1. The highest BCUT2D eigenvalue weighted by Crippen LogP contribution is 2.20. The van der Waals surface area contributed by atoms with Gasteiger partial charge in [-0.3, -0.25) is 0 Å². The van der Waals surface area contributed by atoms with Gasteiger partial charge in [-0.05, 0) is 37.0 Å². The topological polar surface area (TPSA) is 29.9 Å². The van der Waals surface area contributed by atoms with Crippen molar-refractivity contribution in [3.8, 4) is 0 Å². The highest BCUT2D eigenvalue weighted by atomic mass is 15.2. The zero-order chi connectivity index (χ0) is 14.5. The molecule has 0 bridgehead atoms. The molecule has 0 aliphatic heterocycles. The normalized spacial score (nSPS) is 11.1. The Hall–Kier alpha value is -1.77. The maximum absolute atomic E-state index is 4.57. The molecular formula is C17H25N3. The summed E-state index contributed by atoms with van der Waals surface area (Å²) < 4.78 is 2.20. The monoisotopic (exact) mass is 271 g/mol. The van der Waals surface area contributed by atoms with Crippen LogP contribution in [-0.2, 0) is 6.54 Å². The Morgan fingerprint density at radius 3 is 2.50 bits per heavy atom. The van der Waals surface area contributed by atoms with Gasteiger partial charge in [0, 0.05) is 18.4 Å². The van der Waals surface area contributed by atoms with Gasteiger partial charge in [0.15, 0.2) is 0 Å². The fourth-order valence-corrected chi connectivity index (χ4v) is 2.23. The van der Waals surface area contributed by atoms with Crippen LogP contribution in [0, 0.1) is 6.92 Å². The maximum atomic E-state index is 4.57. The summed E-state index contributed by atoms with van der Waals surface area (Å²) in [6.07, 6.45) is 4.48. The molecule has 2 aromatic rings. The lowest BCUT2D eigenvalue weighted by Crippen LogP contribution is -2.03. The molecule has 1 aromatic heterocycles. The molecule has 0 aliphatic carbocycles. The van der Waals surface area contributed by atoms with E-state index in [9.17, 15) is 0 Å². The van der Waals surface area contributed by atoms with E-state index < -0.39 is 0 Å². The summed E-state index contributed by atoms with van der Waals surface area (Å²) in [5.74, 6) is 1.51. The van der Waals surface area contributed by atoms with Crippen molar-refractivity contribution in [3.63, 3.8) is 0 Å². The molecule has 3 heteroatoms. The molecule has 1 heterocycles. The number of rotatable bonds is 6. The SMILES string of the molecule is CCCCn1cc(C)nc1Nc1ccc(C(C)C)cc1. The van der Waals surface area contributed by atoms with Gasteiger partial charge in [0.2, 0.25) is 5.95 Å². The van der Waals surface area contributed by atoms with Crippen LogP contribution in [0.5, 0.6) is 0 Å². The maximum Gasteiger partial charge on any atom is 0.207 e. The van der Waals surface area contributed by atoms with E-state index in [1.807, 2.05) is 6.92 Å². The van der Waals surface area contributed by atoms with Crippen molar-refractivity contribution in [2.45, 2.75) is 53.0 Å². The number of nitrogens with zero attached hydrogens (tertiary/aromatic N) is 2. The largest absolute Gasteiger partial charge is 0.326 e. The van der Waals surface area contributed by atoms with E-state index in [2.05, 4.69) is 66.1 Å². The van der Waals surface area contributed by atoms with Crippen LogP contribution < -0.4 is 5.32 Å². The average molecular weight is 271 g/mol. The lowest BCUT2D eigenvalue weighted by Gasteiger charge is -2.11. The van der Waals surface area contributed by atoms with Crippen LogP contribution in [0.4, 0.5) is 11.6 Å². The van der Waals surface area contributed by atoms with Crippen LogP contribution in [0.25, 0.3) is 0 Å². The number of hydrogen-bond acceptors (Lipinski definition) is 2. The Bertz CT molecular complexity index is 538. The molecule has 1 aromatic carbocycles. The summed E-state index contributed by atoms with van der Waals surface area (Å²) >= 11 is 0. The number of anilines is 2. The van der Waals surface area contributed by atoms with Crippen LogP contribution in [0.1, 0.15) is 50.8 Å². The minimum atomic E-state index is 0.567. The van der Waals surface area contributed by atoms with Crippen molar-refractivity contribution in [2.24, 2.45) is 0 Å². The van der Waals surface area contributed by atoms with Crippen LogP contribution in [0.15, 0.2) is 30.5 Å². The van der Waals surface area contributed by atoms with E-state index >= 15 is 0 Å². The van der Waals surface area contributed by atoms with Crippen molar-refractivity contribution in [1.82, 2.24) is 9.55 Å². The van der Waals surface area contributed by atoms with Gasteiger partial charge in [-0.25, -0.2) is 4.98 Å². The first-order valence-corrected chi connectivity index (χ1v) is 7.51. The third-order valence-electron chi connectivity index (χ3n) is 3.48. The predicted octanol–water partition coefficient (Wildman–Crippen LogP) is 4.86. The third kappa shape index (κ3) is 3.62. The fourth-order valence-electron chi connectivity index (χ4n) is 2.23. The van der Waals surface area contributed by atoms with Gasteiger partial charge in [0.25, 0.3) is 0 Å². The minimum absolute atomic E-state index is 0.567. The molecule has 0 atom stereocenters. The minimum Gasteiger partial charge on any atom is -0.326 e. The van der Waals surface area contributed by atoms with Gasteiger partial charge in [-0.2, -0.15) is 0 Å². The second kappa shape index (κ2) is 6.60. The number of unbranched alkanes of at least 4 members (excludes halogenated alkanes) is 1. The summed E-state index contributed by atoms with van der Waals surface area (Å²) in [7, 11) is 0. The Balaban J connectivity index is 2.12. The van der Waals surface area contributed by atoms with Gasteiger partial charge < -0.3 is 9.88 Å². The molecule has 0 amide bonds. The van der Waals surface area contributed by atoms with Crippen molar-refractivity contribution >= 4 is 11.6 Å². The molecule has 0 radical (unpaired) electrons. The Morgan fingerprint density at radius 2 is 1.90 bits per heavy atom. The molecule has 20 heavy (non-hydrogen) atoms. The van der Waals surface area contributed by atoms with Crippen LogP contribution in [0.2, 0.25) is 0 Å². The molecule has 0 spiro atoms. The highest BCUT2D eigenvalue weighted by Gasteiger charge is 2.06. The second-order valence-electron chi connectivity index (χ2n) is 5.65. The summed E-state index contributed by atoms with van der Waals surface area (Å²) in [6, 6.07) is 8.62. The number of nitrogens with one attached hydrogen (secondary N) is 1. The van der Waals surface area contributed by atoms with Crippen molar-refractivity contribution in [3.05, 3.63) is 41.7 Å². The summed E-state index contributed by atoms with van der Waals surface area (Å²) in [5.41, 5.74) is 3.52. The standard InChI is InChI=1S/C17H25N3/c1-5-6-11-20-12-14(4)18-17(20)19-16-9-7-15(8-10-16)13(2)3/h7-10,12-13H,5-6,11H2,1-4H3,(H,18,19). The van der Waals surface area contributed by atoms with Gasteiger partial charge in [-0.15, -0.1) is 0 Å². The zero-order valence-corrected chi connectivity index (χ0v) is 13.0. The van der Waals surface area contributed by atoms with Gasteiger partial charge in [-0.1, -0.05) is 39.3 Å². The van der Waals surface area contributed by atoms with Gasteiger partial charge >= 0.3 is 0 Å². The highest BCUT2D eigenvalue weighted by molar-refractivity contribution is 5.54. The van der Waals surface area contributed by atoms with Crippen molar-refractivity contribution < 1.29 is 0 Å². The van der Waals surface area contributed by atoms with E-state index in [0.717, 1.165) is 23.9 Å². The quantitative estimate of drug-likeness (QED) is 0.813. The first-order valence-electron chi connectivity index (χ1n) is 7.51. The van der Waals surface area contributed by atoms with E-state index in [1.165, 1.54) is 18.4 Å². The Morgan fingerprint density at radius 1 is 1.20 bits per heavy atom. The smallest absolute Gasteiger partial charge is 0.207 e. The molecule has 2 rings (SSSR count). The summed E-state index contributed by atoms with van der Waals surface area (Å²) in [5, 5.41) is 3.42. The lowest BCUT2D eigenvalue weighted by atomic mass is 10.0. The van der Waals surface area contributed by atoms with Crippen LogP contribution >= 0.6 is 0 Å². The molecule has 0 saturated carbocycles. The summed E-state index contributed by atoms with van der Waals surface area (Å²) in [6.45, 7) is 9.69. The first-order chi connectivity index (χ1) is 9.60. The number of benzene rings is 1. The molecule has 0 fully saturated rings. The number of aryl methyl sites for hydroxylation is 2. The number of aromatic nitrogens is 2. The summed E-state index contributed by atoms with van der Waals surface area (Å²) in [4.78, 5) is 4.57. The zero-order valence-electron chi connectivity index (χ0n) is 13.0. The fraction of sp³-hybridized carbons (Fsp3) is 0.471. The predicted molar refractivity (Wildman–Crippen MR) is 85.7 cm³/mol. The molecule has 0 saturated heterocycles. The van der Waals surface area contributed by atoms with Crippen LogP contribution in [-0.4, -0.2) is 9.55 Å².